The van der Waals surface area contributed by atoms with Crippen LogP contribution in [0.5, 0.6) is 11.6 Å². The van der Waals surface area contributed by atoms with Crippen LogP contribution in [0.15, 0.2) is 73.2 Å². The van der Waals surface area contributed by atoms with Gasteiger partial charge in [-0.1, -0.05) is 44.2 Å². The maximum Gasteiger partial charge on any atom is 0.417 e. The van der Waals surface area contributed by atoms with Gasteiger partial charge in [0.25, 0.3) is 0 Å². The molecule has 1 heterocycles. The Hall–Kier alpha value is -3.41. The summed E-state index contributed by atoms with van der Waals surface area (Å²) in [6.07, 6.45) is 4.12. The van der Waals surface area contributed by atoms with Gasteiger partial charge in [0, 0.05) is 18.1 Å². The standard InChI is InChI=1S/C18H15N3O3.C2H6/c22-18(21-15-6-2-1-3-7-15)24-16-8-4-5-14(11-16)13-23-17-12-19-9-10-20-17;1-2/h1-12H,13H2,(H,21,22);1-2H3. The summed E-state index contributed by atoms with van der Waals surface area (Å²) in [6, 6.07) is 16.2. The number of nitrogens with one attached hydrogen (secondary N) is 1. The van der Waals surface area contributed by atoms with Crippen molar-refractivity contribution < 1.29 is 14.3 Å². The molecule has 0 saturated heterocycles. The first-order valence-corrected chi connectivity index (χ1v) is 8.31. The molecule has 0 atom stereocenters. The molecule has 0 bridgehead atoms. The van der Waals surface area contributed by atoms with Crippen molar-refractivity contribution in [2.24, 2.45) is 0 Å². The van der Waals surface area contributed by atoms with E-state index in [9.17, 15) is 4.79 Å². The van der Waals surface area contributed by atoms with Gasteiger partial charge in [0.15, 0.2) is 0 Å². The fraction of sp³-hybridized carbons (Fsp3) is 0.150. The Morgan fingerprint density at radius 3 is 2.58 bits per heavy atom. The van der Waals surface area contributed by atoms with E-state index in [1.165, 1.54) is 6.20 Å². The Bertz CT molecular complexity index is 796. The van der Waals surface area contributed by atoms with Crippen LogP contribution in [-0.4, -0.2) is 16.1 Å². The summed E-state index contributed by atoms with van der Waals surface area (Å²) in [6.45, 7) is 4.30. The van der Waals surface area contributed by atoms with Gasteiger partial charge >= 0.3 is 6.09 Å². The molecule has 2 aromatic carbocycles. The van der Waals surface area contributed by atoms with Crippen molar-refractivity contribution in [2.75, 3.05) is 5.32 Å². The van der Waals surface area contributed by atoms with Crippen molar-refractivity contribution in [3.63, 3.8) is 0 Å². The van der Waals surface area contributed by atoms with E-state index in [0.29, 0.717) is 23.9 Å². The number of nitrogens with zero attached hydrogens (tertiary/aromatic N) is 2. The van der Waals surface area contributed by atoms with E-state index < -0.39 is 6.09 Å². The first kappa shape index (κ1) is 18.9. The van der Waals surface area contributed by atoms with Gasteiger partial charge in [-0.3, -0.25) is 10.3 Å². The molecule has 134 valence electrons. The zero-order valence-electron chi connectivity index (χ0n) is 14.8. The Balaban J connectivity index is 0.00000117. The van der Waals surface area contributed by atoms with Crippen LogP contribution >= 0.6 is 0 Å². The second kappa shape index (κ2) is 10.5. The SMILES string of the molecule is CC.O=C(Nc1ccccc1)Oc1cccc(COc2cnccn2)c1. The molecule has 0 radical (unpaired) electrons. The number of carbonyl (C=O) groups excluding carboxylic acids is 1. The van der Waals surface area contributed by atoms with Gasteiger partial charge in [0.2, 0.25) is 5.88 Å². The molecular weight excluding hydrogens is 330 g/mol. The molecule has 1 amide bonds. The molecule has 6 nitrogen and oxygen atoms in total. The van der Waals surface area contributed by atoms with Crippen LogP contribution < -0.4 is 14.8 Å². The lowest BCUT2D eigenvalue weighted by molar-refractivity contribution is 0.215. The fourth-order valence-corrected chi connectivity index (χ4v) is 1.99. The van der Waals surface area contributed by atoms with Crippen molar-refractivity contribution in [3.8, 4) is 11.6 Å². The lowest BCUT2D eigenvalue weighted by Crippen LogP contribution is -2.16. The first-order chi connectivity index (χ1) is 12.8. The predicted octanol–water partition coefficient (Wildman–Crippen LogP) is 4.69. The molecule has 0 spiro atoms. The summed E-state index contributed by atoms with van der Waals surface area (Å²) in [4.78, 5) is 19.8. The smallest absolute Gasteiger partial charge is 0.417 e. The fourth-order valence-electron chi connectivity index (χ4n) is 1.99. The van der Waals surface area contributed by atoms with E-state index >= 15 is 0 Å². The lowest BCUT2D eigenvalue weighted by atomic mass is 10.2. The summed E-state index contributed by atoms with van der Waals surface area (Å²) < 4.78 is 10.8. The summed E-state index contributed by atoms with van der Waals surface area (Å²) in [5.41, 5.74) is 1.52. The minimum absolute atomic E-state index is 0.302. The highest BCUT2D eigenvalue weighted by molar-refractivity contribution is 5.86. The summed E-state index contributed by atoms with van der Waals surface area (Å²) >= 11 is 0. The summed E-state index contributed by atoms with van der Waals surface area (Å²) in [5.74, 6) is 0.870. The van der Waals surface area contributed by atoms with Crippen molar-refractivity contribution >= 4 is 11.8 Å². The zero-order valence-corrected chi connectivity index (χ0v) is 14.8. The van der Waals surface area contributed by atoms with E-state index in [2.05, 4.69) is 15.3 Å². The first-order valence-electron chi connectivity index (χ1n) is 8.31. The average Bonchev–Trinajstić information content (AvgIpc) is 2.70. The molecule has 1 N–H and O–H groups in total. The molecule has 6 heteroatoms. The normalized spacial score (nSPS) is 9.46. The Kier molecular flexibility index (Phi) is 7.61. The van der Waals surface area contributed by atoms with Gasteiger partial charge in [-0.05, 0) is 29.8 Å². The molecule has 0 aliphatic rings. The quantitative estimate of drug-likeness (QED) is 0.722. The number of para-hydroxylation sites is 1. The van der Waals surface area contributed by atoms with Crippen molar-refractivity contribution in [3.05, 3.63) is 78.8 Å². The summed E-state index contributed by atoms with van der Waals surface area (Å²) in [7, 11) is 0. The topological polar surface area (TPSA) is 73.3 Å². The van der Waals surface area contributed by atoms with Gasteiger partial charge in [0.05, 0.1) is 6.20 Å². The highest BCUT2D eigenvalue weighted by Gasteiger charge is 2.06. The third-order valence-electron chi connectivity index (χ3n) is 3.06. The van der Waals surface area contributed by atoms with E-state index in [4.69, 9.17) is 9.47 Å². The van der Waals surface area contributed by atoms with Gasteiger partial charge < -0.3 is 9.47 Å². The zero-order chi connectivity index (χ0) is 18.6. The number of carbonyl (C=O) groups is 1. The van der Waals surface area contributed by atoms with Crippen molar-refractivity contribution in [2.45, 2.75) is 20.5 Å². The van der Waals surface area contributed by atoms with E-state index in [1.54, 1.807) is 42.7 Å². The Morgan fingerprint density at radius 2 is 1.85 bits per heavy atom. The molecule has 0 saturated carbocycles. The van der Waals surface area contributed by atoms with Crippen molar-refractivity contribution in [1.29, 1.82) is 0 Å². The number of hydrogen-bond acceptors (Lipinski definition) is 5. The molecular formula is C20H21N3O3. The number of anilines is 1. The second-order valence-corrected chi connectivity index (χ2v) is 4.86. The van der Waals surface area contributed by atoms with E-state index in [0.717, 1.165) is 5.56 Å². The number of rotatable bonds is 5. The Labute approximate surface area is 152 Å². The molecule has 26 heavy (non-hydrogen) atoms. The summed E-state index contributed by atoms with van der Waals surface area (Å²) in [5, 5.41) is 2.66. The number of aromatic nitrogens is 2. The lowest BCUT2D eigenvalue weighted by Gasteiger charge is -2.08. The van der Waals surface area contributed by atoms with Crippen LogP contribution in [0.1, 0.15) is 19.4 Å². The van der Waals surface area contributed by atoms with Crippen LogP contribution in [-0.2, 0) is 6.61 Å². The maximum atomic E-state index is 11.9. The van der Waals surface area contributed by atoms with E-state index in [1.807, 2.05) is 38.1 Å². The van der Waals surface area contributed by atoms with Gasteiger partial charge in [-0.15, -0.1) is 0 Å². The molecule has 3 rings (SSSR count). The number of ether oxygens (including phenoxy) is 2. The van der Waals surface area contributed by atoms with E-state index in [-0.39, 0.29) is 0 Å². The number of amides is 1. The molecule has 0 unspecified atom stereocenters. The number of benzene rings is 2. The monoisotopic (exact) mass is 351 g/mol. The Morgan fingerprint density at radius 1 is 1.04 bits per heavy atom. The predicted molar refractivity (Wildman–Crippen MR) is 100 cm³/mol. The van der Waals surface area contributed by atoms with Gasteiger partial charge in [-0.25, -0.2) is 9.78 Å². The minimum Gasteiger partial charge on any atom is -0.472 e. The molecule has 1 aromatic heterocycles. The second-order valence-electron chi connectivity index (χ2n) is 4.86. The highest BCUT2D eigenvalue weighted by atomic mass is 16.6. The molecule has 0 fully saturated rings. The van der Waals surface area contributed by atoms with Crippen LogP contribution in [0.2, 0.25) is 0 Å². The third kappa shape index (κ3) is 6.24. The van der Waals surface area contributed by atoms with Gasteiger partial charge in [0.1, 0.15) is 12.4 Å². The van der Waals surface area contributed by atoms with Crippen LogP contribution in [0.3, 0.4) is 0 Å². The van der Waals surface area contributed by atoms with Gasteiger partial charge in [-0.2, -0.15) is 0 Å². The van der Waals surface area contributed by atoms with Crippen molar-refractivity contribution in [1.82, 2.24) is 9.97 Å². The maximum absolute atomic E-state index is 11.9. The van der Waals surface area contributed by atoms with Crippen LogP contribution in [0.25, 0.3) is 0 Å². The molecule has 3 aromatic rings. The highest BCUT2D eigenvalue weighted by Crippen LogP contribution is 2.16. The number of hydrogen-bond donors (Lipinski definition) is 1. The largest absolute Gasteiger partial charge is 0.472 e. The molecule has 0 aliphatic heterocycles. The minimum atomic E-state index is -0.548. The van der Waals surface area contributed by atoms with Crippen LogP contribution in [0.4, 0.5) is 10.5 Å². The third-order valence-corrected chi connectivity index (χ3v) is 3.06. The average molecular weight is 351 g/mol. The van der Waals surface area contributed by atoms with Crippen LogP contribution in [0, 0.1) is 0 Å². The molecule has 0 aliphatic carbocycles.